The smallest absolute Gasteiger partial charge is 0.415 e. The lowest BCUT2D eigenvalue weighted by Crippen LogP contribution is -2.46. The van der Waals surface area contributed by atoms with E-state index in [-0.39, 0.29) is 30.8 Å². The summed E-state index contributed by atoms with van der Waals surface area (Å²) in [6.45, 7) is -1.65. The molecule has 0 unspecified atom stereocenters. The summed E-state index contributed by atoms with van der Waals surface area (Å²) in [7, 11) is 0. The molecular weight excluding hydrogens is 425 g/mol. The minimum absolute atomic E-state index is 0.0608. The van der Waals surface area contributed by atoms with Crippen molar-refractivity contribution in [1.29, 1.82) is 0 Å². The highest BCUT2D eigenvalue weighted by molar-refractivity contribution is 5.70. The van der Waals surface area contributed by atoms with E-state index in [1.807, 2.05) is 6.07 Å². The Morgan fingerprint density at radius 3 is 2.64 bits per heavy atom. The molecule has 2 heterocycles. The van der Waals surface area contributed by atoms with E-state index in [0.29, 0.717) is 30.2 Å². The molecule has 0 radical (unpaired) electrons. The maximum Gasteiger partial charge on any atom is 0.415 e. The topological polar surface area (TPSA) is 57.2 Å². The van der Waals surface area contributed by atoms with Crippen molar-refractivity contribution in [3.05, 3.63) is 84.2 Å². The molecule has 1 saturated heterocycles. The summed E-state index contributed by atoms with van der Waals surface area (Å²) in [5.74, 6) is 0.305. The van der Waals surface area contributed by atoms with Crippen LogP contribution in [0.2, 0.25) is 0 Å². The number of para-hydroxylation sites is 1. The molecule has 0 spiro atoms. The first kappa shape index (κ1) is 18.8. The molecule has 1 fully saturated rings. The van der Waals surface area contributed by atoms with Crippen molar-refractivity contribution in [1.82, 2.24) is 4.90 Å². The summed E-state index contributed by atoms with van der Waals surface area (Å²) in [4.78, 5) is 14.4. The van der Waals surface area contributed by atoms with Gasteiger partial charge in [-0.05, 0) is 54.3 Å². The molecule has 1 amide bonds. The van der Waals surface area contributed by atoms with Crippen LogP contribution in [0.1, 0.15) is 20.6 Å². The van der Waals surface area contributed by atoms with Gasteiger partial charge in [-0.15, -0.1) is 0 Å². The Kier molecular flexibility index (Phi) is 5.36. The molecule has 170 valence electrons. The van der Waals surface area contributed by atoms with E-state index in [4.69, 9.17) is 21.7 Å². The fraction of sp³-hybridized carbons (Fsp3) is 0.269. The fourth-order valence-electron chi connectivity index (χ4n) is 4.08. The van der Waals surface area contributed by atoms with Crippen molar-refractivity contribution in [2.24, 2.45) is 5.92 Å². The largest absolute Gasteiger partial charge is 0.493 e. The highest BCUT2D eigenvalue weighted by atomic mass is 19.1. The van der Waals surface area contributed by atoms with E-state index in [1.54, 1.807) is 54.6 Å². The number of hydrogen-bond donors (Lipinski definition) is 0. The number of piperidine rings is 1. The number of ether oxygens (including phenoxy) is 4. The van der Waals surface area contributed by atoms with Crippen LogP contribution >= 0.6 is 0 Å². The second-order valence-electron chi connectivity index (χ2n) is 7.92. The molecule has 2 aliphatic heterocycles. The van der Waals surface area contributed by atoms with Gasteiger partial charge in [0.05, 0.1) is 9.30 Å². The van der Waals surface area contributed by atoms with Crippen LogP contribution in [0.25, 0.3) is 0 Å². The zero-order valence-electron chi connectivity index (χ0n) is 19.8. The van der Waals surface area contributed by atoms with Crippen LogP contribution in [0.3, 0.4) is 0 Å². The molecule has 7 heteroatoms. The number of nitrogens with zero attached hydrogens (tertiary/aromatic N) is 1. The zero-order chi connectivity index (χ0) is 24.4. The normalized spacial score (nSPS) is 20.6. The van der Waals surface area contributed by atoms with Crippen molar-refractivity contribution in [3.8, 4) is 23.0 Å². The molecule has 0 N–H and O–H groups in total. The molecule has 0 aromatic heterocycles. The standard InChI is InChI=1S/C26H24FNO5/c27-20-8-6-18(7-9-20)23-12-13-28(26(29)33-21-4-2-1-3-5-21)15-19(23)16-30-22-10-11-24-25(14-22)32-17-31-24/h1-11,14,19,23H,12-13,15-17H2/t19-,23+/m0/s1/i16D2. The van der Waals surface area contributed by atoms with E-state index < -0.39 is 18.6 Å². The number of likely N-dealkylation sites (tertiary alicyclic amines) is 1. The van der Waals surface area contributed by atoms with Gasteiger partial charge in [0.25, 0.3) is 0 Å². The molecule has 0 aliphatic carbocycles. The lowest BCUT2D eigenvalue weighted by molar-refractivity contribution is 0.0982. The highest BCUT2D eigenvalue weighted by Crippen LogP contribution is 2.37. The zero-order valence-corrected chi connectivity index (χ0v) is 17.8. The van der Waals surface area contributed by atoms with Crippen LogP contribution in [-0.2, 0) is 0 Å². The Balaban J connectivity index is 1.39. The first-order valence-corrected chi connectivity index (χ1v) is 10.7. The van der Waals surface area contributed by atoms with Gasteiger partial charge in [0.1, 0.15) is 17.3 Å². The van der Waals surface area contributed by atoms with E-state index in [1.165, 1.54) is 17.0 Å². The lowest BCUT2D eigenvalue weighted by atomic mass is 9.81. The first-order chi connectivity index (χ1) is 16.9. The van der Waals surface area contributed by atoms with Crippen LogP contribution < -0.4 is 18.9 Å². The average Bonchev–Trinajstić information content (AvgIpc) is 3.32. The Hall–Kier alpha value is -3.74. The quantitative estimate of drug-likeness (QED) is 0.531. The highest BCUT2D eigenvalue weighted by Gasteiger charge is 2.34. The molecule has 2 aliphatic rings. The number of amides is 1. The van der Waals surface area contributed by atoms with Gasteiger partial charge >= 0.3 is 6.09 Å². The van der Waals surface area contributed by atoms with Gasteiger partial charge < -0.3 is 23.8 Å². The molecule has 3 aromatic rings. The van der Waals surface area contributed by atoms with Crippen molar-refractivity contribution >= 4 is 6.09 Å². The van der Waals surface area contributed by atoms with Gasteiger partial charge in [0.15, 0.2) is 11.5 Å². The lowest BCUT2D eigenvalue weighted by Gasteiger charge is -2.38. The van der Waals surface area contributed by atoms with Crippen molar-refractivity contribution < 1.29 is 30.9 Å². The molecule has 0 saturated carbocycles. The average molecular weight is 451 g/mol. The molecule has 3 aromatic carbocycles. The van der Waals surface area contributed by atoms with Crippen LogP contribution in [0.4, 0.5) is 9.18 Å². The van der Waals surface area contributed by atoms with E-state index in [2.05, 4.69) is 0 Å². The minimum Gasteiger partial charge on any atom is -0.493 e. The monoisotopic (exact) mass is 451 g/mol. The van der Waals surface area contributed by atoms with E-state index in [9.17, 15) is 9.18 Å². The third kappa shape index (κ3) is 4.87. The minimum atomic E-state index is -2.17. The number of carbonyl (C=O) groups is 1. The van der Waals surface area contributed by atoms with Gasteiger partial charge in [-0.25, -0.2) is 9.18 Å². The number of hydrogen-bond acceptors (Lipinski definition) is 5. The molecular formula is C26H24FNO5. The summed E-state index contributed by atoms with van der Waals surface area (Å²) in [6, 6.07) is 19.6. The van der Waals surface area contributed by atoms with E-state index in [0.717, 1.165) is 5.56 Å². The van der Waals surface area contributed by atoms with Gasteiger partial charge in [0, 0.05) is 25.1 Å². The number of carbonyl (C=O) groups excluding carboxylic acids is 1. The SMILES string of the molecule is [2H]C([2H])(Oc1ccc2c(c1)OCO2)[C@@H]1CN(C(=O)Oc2ccccc2)CC[C@@H]1c1ccc(F)cc1. The van der Waals surface area contributed by atoms with Crippen molar-refractivity contribution in [2.45, 2.75) is 12.3 Å². The predicted octanol–water partition coefficient (Wildman–Crippen LogP) is 5.24. The van der Waals surface area contributed by atoms with Gasteiger partial charge in [-0.1, -0.05) is 30.3 Å². The molecule has 0 bridgehead atoms. The molecule has 2 atom stereocenters. The fourth-order valence-corrected chi connectivity index (χ4v) is 4.08. The maximum absolute atomic E-state index is 13.6. The number of rotatable bonds is 5. The molecule has 6 nitrogen and oxygen atoms in total. The Morgan fingerprint density at radius 2 is 1.82 bits per heavy atom. The van der Waals surface area contributed by atoms with Crippen LogP contribution in [0.15, 0.2) is 72.8 Å². The number of halogens is 1. The number of fused-ring (bicyclic) bond motifs is 1. The Bertz CT molecular complexity index is 1190. The third-order valence-electron chi connectivity index (χ3n) is 5.79. The van der Waals surface area contributed by atoms with Crippen molar-refractivity contribution in [3.63, 3.8) is 0 Å². The Labute approximate surface area is 194 Å². The van der Waals surface area contributed by atoms with Gasteiger partial charge in [0.2, 0.25) is 6.79 Å². The summed E-state index contributed by atoms with van der Waals surface area (Å²) in [5, 5.41) is 0. The summed E-state index contributed by atoms with van der Waals surface area (Å²) in [6.07, 6.45) is -0.0952. The van der Waals surface area contributed by atoms with Crippen molar-refractivity contribution in [2.75, 3.05) is 26.4 Å². The summed E-state index contributed by atoms with van der Waals surface area (Å²) >= 11 is 0. The van der Waals surface area contributed by atoms with Crippen LogP contribution in [0.5, 0.6) is 23.0 Å². The molecule has 33 heavy (non-hydrogen) atoms. The van der Waals surface area contributed by atoms with Crippen LogP contribution in [-0.4, -0.2) is 37.4 Å². The summed E-state index contributed by atoms with van der Waals surface area (Å²) < 4.78 is 53.3. The second kappa shape index (κ2) is 9.40. The summed E-state index contributed by atoms with van der Waals surface area (Å²) in [5.41, 5.74) is 0.783. The van der Waals surface area contributed by atoms with Crippen LogP contribution in [0, 0.1) is 11.7 Å². The number of benzene rings is 3. The molecule has 5 rings (SSSR count). The third-order valence-corrected chi connectivity index (χ3v) is 5.79. The Morgan fingerprint density at radius 1 is 1.03 bits per heavy atom. The first-order valence-electron chi connectivity index (χ1n) is 11.7. The van der Waals surface area contributed by atoms with Gasteiger partial charge in [-0.2, -0.15) is 0 Å². The predicted molar refractivity (Wildman–Crippen MR) is 119 cm³/mol. The van der Waals surface area contributed by atoms with Gasteiger partial charge in [-0.3, -0.25) is 0 Å². The van der Waals surface area contributed by atoms with E-state index >= 15 is 0 Å². The maximum atomic E-state index is 13.6. The second-order valence-corrected chi connectivity index (χ2v) is 7.92.